The maximum atomic E-state index is 12.8. The van der Waals surface area contributed by atoms with Gasteiger partial charge in [-0.1, -0.05) is 71.9 Å². The van der Waals surface area contributed by atoms with E-state index in [1.807, 2.05) is 66.7 Å². The first kappa shape index (κ1) is 21.0. The van der Waals surface area contributed by atoms with Gasteiger partial charge in [0.1, 0.15) is 0 Å². The summed E-state index contributed by atoms with van der Waals surface area (Å²) in [6.07, 6.45) is 1.57. The summed E-state index contributed by atoms with van der Waals surface area (Å²) in [5.41, 5.74) is 3.64. The Morgan fingerprint density at radius 2 is 1.66 bits per heavy atom. The highest BCUT2D eigenvalue weighted by molar-refractivity contribution is 6.07. The van der Waals surface area contributed by atoms with Crippen molar-refractivity contribution in [2.24, 2.45) is 0 Å². The minimum Gasteiger partial charge on any atom is -0.462 e. The number of ether oxygens (including phenoxy) is 1. The first-order chi connectivity index (χ1) is 15.6. The molecule has 160 valence electrons. The van der Waals surface area contributed by atoms with E-state index in [9.17, 15) is 9.59 Å². The molecule has 0 bridgehead atoms. The van der Waals surface area contributed by atoms with E-state index >= 15 is 0 Å². The van der Waals surface area contributed by atoms with Gasteiger partial charge in [-0.2, -0.15) is 0 Å². The molecule has 0 aliphatic rings. The summed E-state index contributed by atoms with van der Waals surface area (Å²) in [5.74, 6) is -0.962. The number of amides is 1. The van der Waals surface area contributed by atoms with Gasteiger partial charge in [0.05, 0.1) is 30.6 Å². The Morgan fingerprint density at radius 1 is 0.938 bits per heavy atom. The maximum absolute atomic E-state index is 12.8. The minimum atomic E-state index is -0.506. The molecule has 0 atom stereocenters. The van der Waals surface area contributed by atoms with Gasteiger partial charge < -0.3 is 10.1 Å². The number of aromatic nitrogens is 3. The van der Waals surface area contributed by atoms with E-state index < -0.39 is 11.9 Å². The molecule has 1 heterocycles. The monoisotopic (exact) mass is 426 g/mol. The van der Waals surface area contributed by atoms with Crippen molar-refractivity contribution in [1.29, 1.82) is 0 Å². The highest BCUT2D eigenvalue weighted by atomic mass is 16.5. The lowest BCUT2D eigenvalue weighted by molar-refractivity contribution is 0.0527. The number of benzene rings is 3. The molecule has 32 heavy (non-hydrogen) atoms. The van der Waals surface area contributed by atoms with Crippen molar-refractivity contribution >= 4 is 17.6 Å². The molecule has 0 fully saturated rings. The number of carbonyl (C=O) groups is 2. The van der Waals surface area contributed by atoms with Crippen LogP contribution in [0.5, 0.6) is 0 Å². The molecular weight excluding hydrogens is 404 g/mol. The van der Waals surface area contributed by atoms with E-state index in [1.54, 1.807) is 29.9 Å². The van der Waals surface area contributed by atoms with Crippen LogP contribution in [0, 0.1) is 0 Å². The lowest BCUT2D eigenvalue weighted by Gasteiger charge is -2.12. The first-order valence-electron chi connectivity index (χ1n) is 10.3. The quantitative estimate of drug-likeness (QED) is 0.442. The molecular formula is C25H22N4O3. The lowest BCUT2D eigenvalue weighted by Crippen LogP contribution is -2.16. The van der Waals surface area contributed by atoms with Gasteiger partial charge in [0.25, 0.3) is 5.91 Å². The number of rotatable bonds is 7. The van der Waals surface area contributed by atoms with Crippen LogP contribution in [0.4, 0.5) is 5.69 Å². The molecule has 7 nitrogen and oxygen atoms in total. The molecule has 1 amide bonds. The molecule has 0 saturated carbocycles. The Morgan fingerprint density at radius 3 is 2.38 bits per heavy atom. The third-order valence-corrected chi connectivity index (χ3v) is 4.83. The molecule has 0 saturated heterocycles. The van der Waals surface area contributed by atoms with Crippen LogP contribution in [-0.4, -0.2) is 33.5 Å². The third kappa shape index (κ3) is 4.89. The van der Waals surface area contributed by atoms with E-state index in [-0.39, 0.29) is 17.9 Å². The number of nitrogens with one attached hydrogen (secondary N) is 1. The second kappa shape index (κ2) is 9.70. The summed E-state index contributed by atoms with van der Waals surface area (Å²) in [5, 5.41) is 10.8. The van der Waals surface area contributed by atoms with Crippen molar-refractivity contribution in [2.75, 3.05) is 11.9 Å². The van der Waals surface area contributed by atoms with E-state index in [0.717, 1.165) is 16.7 Å². The number of anilines is 1. The summed E-state index contributed by atoms with van der Waals surface area (Å²) in [6, 6.07) is 24.7. The maximum Gasteiger partial charge on any atom is 0.340 e. The van der Waals surface area contributed by atoms with Gasteiger partial charge in [0.15, 0.2) is 5.69 Å². The number of esters is 1. The van der Waals surface area contributed by atoms with E-state index in [2.05, 4.69) is 15.6 Å². The Hall–Kier alpha value is -4.26. The molecule has 4 aromatic rings. The second-order valence-electron chi connectivity index (χ2n) is 7.09. The smallest absolute Gasteiger partial charge is 0.340 e. The van der Waals surface area contributed by atoms with Crippen molar-refractivity contribution in [3.05, 3.63) is 102 Å². The second-order valence-corrected chi connectivity index (χ2v) is 7.09. The fraction of sp³-hybridized carbons (Fsp3) is 0.120. The Bertz CT molecular complexity index is 1220. The Balaban J connectivity index is 1.56. The van der Waals surface area contributed by atoms with Crippen LogP contribution in [0.25, 0.3) is 11.1 Å². The van der Waals surface area contributed by atoms with E-state index in [0.29, 0.717) is 12.2 Å². The summed E-state index contributed by atoms with van der Waals surface area (Å²) >= 11 is 0. The molecule has 1 N–H and O–H groups in total. The summed E-state index contributed by atoms with van der Waals surface area (Å²) in [6.45, 7) is 2.47. The molecule has 0 spiro atoms. The van der Waals surface area contributed by atoms with Crippen molar-refractivity contribution < 1.29 is 14.3 Å². The first-order valence-corrected chi connectivity index (χ1v) is 10.3. The molecule has 0 radical (unpaired) electrons. The van der Waals surface area contributed by atoms with Crippen molar-refractivity contribution in [1.82, 2.24) is 15.0 Å². The van der Waals surface area contributed by atoms with Crippen LogP contribution >= 0.6 is 0 Å². The van der Waals surface area contributed by atoms with Crippen LogP contribution in [0.15, 0.2) is 85.1 Å². The minimum absolute atomic E-state index is 0.155. The Labute approximate surface area is 185 Å². The number of carbonyl (C=O) groups excluding carboxylic acids is 2. The van der Waals surface area contributed by atoms with Crippen LogP contribution < -0.4 is 5.32 Å². The number of nitrogens with zero attached hydrogens (tertiary/aromatic N) is 3. The molecule has 4 rings (SSSR count). The molecule has 3 aromatic carbocycles. The largest absolute Gasteiger partial charge is 0.462 e. The zero-order chi connectivity index (χ0) is 22.3. The summed E-state index contributed by atoms with van der Waals surface area (Å²) < 4.78 is 6.79. The SMILES string of the molecule is CCOC(=O)c1cc(-c2ccccc2)ccc1NC(=O)c1cn(Cc2ccccc2)nn1. The normalized spacial score (nSPS) is 10.5. The van der Waals surface area contributed by atoms with Crippen molar-refractivity contribution in [3.63, 3.8) is 0 Å². The molecule has 0 unspecified atom stereocenters. The topological polar surface area (TPSA) is 86.1 Å². The van der Waals surface area contributed by atoms with Gasteiger partial charge in [0.2, 0.25) is 0 Å². The highest BCUT2D eigenvalue weighted by Gasteiger charge is 2.18. The lowest BCUT2D eigenvalue weighted by atomic mass is 10.0. The van der Waals surface area contributed by atoms with Crippen LogP contribution in [0.2, 0.25) is 0 Å². The highest BCUT2D eigenvalue weighted by Crippen LogP contribution is 2.26. The van der Waals surface area contributed by atoms with Gasteiger partial charge in [-0.15, -0.1) is 5.10 Å². The average Bonchev–Trinajstić information content (AvgIpc) is 3.29. The van der Waals surface area contributed by atoms with Gasteiger partial charge in [-0.05, 0) is 35.7 Å². The summed E-state index contributed by atoms with van der Waals surface area (Å²) in [7, 11) is 0. The fourth-order valence-electron chi connectivity index (χ4n) is 3.28. The van der Waals surface area contributed by atoms with Gasteiger partial charge in [-0.3, -0.25) is 4.79 Å². The molecule has 0 aliphatic heterocycles. The van der Waals surface area contributed by atoms with Gasteiger partial charge in [-0.25, -0.2) is 9.48 Å². The zero-order valence-electron chi connectivity index (χ0n) is 17.6. The summed E-state index contributed by atoms with van der Waals surface area (Å²) in [4.78, 5) is 25.4. The predicted octanol–water partition coefficient (Wildman–Crippen LogP) is 4.42. The van der Waals surface area contributed by atoms with Crippen LogP contribution in [-0.2, 0) is 11.3 Å². The van der Waals surface area contributed by atoms with Crippen molar-refractivity contribution in [3.8, 4) is 11.1 Å². The van der Waals surface area contributed by atoms with Gasteiger partial charge >= 0.3 is 5.97 Å². The number of hydrogen-bond donors (Lipinski definition) is 1. The fourth-order valence-corrected chi connectivity index (χ4v) is 3.28. The van der Waals surface area contributed by atoms with Crippen molar-refractivity contribution in [2.45, 2.75) is 13.5 Å². The molecule has 1 aromatic heterocycles. The van der Waals surface area contributed by atoms with Crippen LogP contribution in [0.1, 0.15) is 33.3 Å². The standard InChI is InChI=1S/C25H22N4O3/c1-2-32-25(31)21-15-20(19-11-7-4-8-12-19)13-14-22(21)26-24(30)23-17-29(28-27-23)16-18-9-5-3-6-10-18/h3-15,17H,2,16H2,1H3,(H,26,30). The molecule has 7 heteroatoms. The van der Waals surface area contributed by atoms with Crippen LogP contribution in [0.3, 0.4) is 0 Å². The predicted molar refractivity (Wildman–Crippen MR) is 121 cm³/mol. The van der Waals surface area contributed by atoms with Gasteiger partial charge in [0, 0.05) is 0 Å². The van der Waals surface area contributed by atoms with E-state index in [1.165, 1.54) is 0 Å². The Kier molecular flexibility index (Phi) is 6.36. The third-order valence-electron chi connectivity index (χ3n) is 4.83. The molecule has 0 aliphatic carbocycles. The van der Waals surface area contributed by atoms with E-state index in [4.69, 9.17) is 4.74 Å². The number of hydrogen-bond acceptors (Lipinski definition) is 5. The zero-order valence-corrected chi connectivity index (χ0v) is 17.6. The average molecular weight is 426 g/mol.